The van der Waals surface area contributed by atoms with E-state index in [1.807, 2.05) is 0 Å². The molecule has 1 rings (SSSR count). The molecular formula is C9H20N2O2S. The summed E-state index contributed by atoms with van der Waals surface area (Å²) in [5.41, 5.74) is 2.37. The van der Waals surface area contributed by atoms with Gasteiger partial charge in [0.2, 0.25) is 0 Å². The zero-order valence-electron chi connectivity index (χ0n) is 8.75. The Morgan fingerprint density at radius 3 is 2.29 bits per heavy atom. The first-order valence-electron chi connectivity index (χ1n) is 5.22. The van der Waals surface area contributed by atoms with Crippen molar-refractivity contribution in [2.45, 2.75) is 44.6 Å². The first-order valence-corrected chi connectivity index (χ1v) is 7.04. The molecule has 0 aromatic heterocycles. The first-order chi connectivity index (χ1) is 6.54. The maximum Gasteiger partial charge on any atom is 0.151 e. The summed E-state index contributed by atoms with van der Waals surface area (Å²) >= 11 is 0. The van der Waals surface area contributed by atoms with Gasteiger partial charge in [-0.3, -0.25) is 11.3 Å². The lowest BCUT2D eigenvalue weighted by Gasteiger charge is -2.36. The van der Waals surface area contributed by atoms with Crippen LogP contribution in [-0.2, 0) is 9.84 Å². The Balaban J connectivity index is 2.70. The standard InChI is InChI=1S/C9H20N2O2S/c1-2-14(12,13)8-9(11-10)6-4-3-5-7-9/h11H,2-8,10H2,1H3. The Morgan fingerprint density at radius 1 is 1.29 bits per heavy atom. The van der Waals surface area contributed by atoms with Crippen LogP contribution in [0.25, 0.3) is 0 Å². The van der Waals surface area contributed by atoms with E-state index in [0.29, 0.717) is 0 Å². The van der Waals surface area contributed by atoms with Gasteiger partial charge in [0.15, 0.2) is 9.84 Å². The van der Waals surface area contributed by atoms with Crippen molar-refractivity contribution in [1.82, 2.24) is 5.43 Å². The molecule has 1 saturated carbocycles. The van der Waals surface area contributed by atoms with Crippen molar-refractivity contribution in [3.63, 3.8) is 0 Å². The second-order valence-electron chi connectivity index (χ2n) is 4.16. The third kappa shape index (κ3) is 2.93. The van der Waals surface area contributed by atoms with Crippen LogP contribution in [0.5, 0.6) is 0 Å². The van der Waals surface area contributed by atoms with Crippen molar-refractivity contribution in [2.24, 2.45) is 5.84 Å². The van der Waals surface area contributed by atoms with E-state index in [0.717, 1.165) is 25.7 Å². The number of rotatable bonds is 4. The average Bonchev–Trinajstić information content (AvgIpc) is 2.19. The summed E-state index contributed by atoms with van der Waals surface area (Å²) in [6.45, 7) is 1.68. The van der Waals surface area contributed by atoms with Crippen molar-refractivity contribution in [3.05, 3.63) is 0 Å². The zero-order valence-corrected chi connectivity index (χ0v) is 9.57. The first kappa shape index (κ1) is 11.9. The normalized spacial score (nSPS) is 22.1. The van der Waals surface area contributed by atoms with Crippen LogP contribution in [0.3, 0.4) is 0 Å². The molecule has 0 spiro atoms. The van der Waals surface area contributed by atoms with Gasteiger partial charge in [0.05, 0.1) is 5.75 Å². The Labute approximate surface area is 86.1 Å². The molecule has 0 aromatic rings. The molecule has 3 N–H and O–H groups in total. The largest absolute Gasteiger partial charge is 0.271 e. The van der Waals surface area contributed by atoms with E-state index in [2.05, 4.69) is 5.43 Å². The van der Waals surface area contributed by atoms with Gasteiger partial charge in [-0.15, -0.1) is 0 Å². The van der Waals surface area contributed by atoms with E-state index in [-0.39, 0.29) is 17.0 Å². The zero-order chi connectivity index (χ0) is 10.7. The molecule has 1 fully saturated rings. The van der Waals surface area contributed by atoms with Crippen molar-refractivity contribution in [1.29, 1.82) is 0 Å². The van der Waals surface area contributed by atoms with E-state index in [1.165, 1.54) is 6.42 Å². The van der Waals surface area contributed by atoms with Gasteiger partial charge in [0.1, 0.15) is 0 Å². The van der Waals surface area contributed by atoms with Crippen LogP contribution >= 0.6 is 0 Å². The van der Waals surface area contributed by atoms with Gasteiger partial charge in [0.25, 0.3) is 0 Å². The summed E-state index contributed by atoms with van der Waals surface area (Å²) in [6.07, 6.45) is 5.09. The molecule has 0 unspecified atom stereocenters. The summed E-state index contributed by atoms with van der Waals surface area (Å²) in [6, 6.07) is 0. The van der Waals surface area contributed by atoms with Crippen molar-refractivity contribution in [2.75, 3.05) is 11.5 Å². The van der Waals surface area contributed by atoms with Gasteiger partial charge in [-0.1, -0.05) is 26.2 Å². The molecular weight excluding hydrogens is 200 g/mol. The molecule has 0 bridgehead atoms. The Morgan fingerprint density at radius 2 is 1.86 bits per heavy atom. The van der Waals surface area contributed by atoms with Crippen LogP contribution in [0, 0.1) is 0 Å². The lowest BCUT2D eigenvalue weighted by Crippen LogP contribution is -2.55. The van der Waals surface area contributed by atoms with Crippen LogP contribution in [-0.4, -0.2) is 25.5 Å². The summed E-state index contributed by atoms with van der Waals surface area (Å²) < 4.78 is 23.1. The highest BCUT2D eigenvalue weighted by Crippen LogP contribution is 2.28. The molecule has 84 valence electrons. The maximum atomic E-state index is 11.5. The molecule has 5 heteroatoms. The number of sulfone groups is 1. The molecule has 0 saturated heterocycles. The lowest BCUT2D eigenvalue weighted by atomic mass is 9.84. The minimum Gasteiger partial charge on any atom is -0.271 e. The summed E-state index contributed by atoms with van der Waals surface area (Å²) in [4.78, 5) is 0. The fraction of sp³-hybridized carbons (Fsp3) is 1.00. The quantitative estimate of drug-likeness (QED) is 0.537. The second kappa shape index (κ2) is 4.59. The molecule has 0 amide bonds. The van der Waals surface area contributed by atoms with Crippen molar-refractivity contribution in [3.8, 4) is 0 Å². The van der Waals surface area contributed by atoms with E-state index < -0.39 is 9.84 Å². The minimum absolute atomic E-state index is 0.188. The van der Waals surface area contributed by atoms with Crippen LogP contribution < -0.4 is 11.3 Å². The van der Waals surface area contributed by atoms with Crippen LogP contribution in [0.4, 0.5) is 0 Å². The molecule has 1 aliphatic carbocycles. The Bertz CT molecular complexity index is 269. The van der Waals surface area contributed by atoms with E-state index in [1.54, 1.807) is 6.92 Å². The molecule has 4 nitrogen and oxygen atoms in total. The number of hydrazine groups is 1. The summed E-state index contributed by atoms with van der Waals surface area (Å²) in [5.74, 6) is 5.88. The van der Waals surface area contributed by atoms with Gasteiger partial charge in [-0.2, -0.15) is 0 Å². The van der Waals surface area contributed by atoms with Gasteiger partial charge in [0, 0.05) is 11.3 Å². The highest BCUT2D eigenvalue weighted by Gasteiger charge is 2.34. The maximum absolute atomic E-state index is 11.5. The topological polar surface area (TPSA) is 72.2 Å². The predicted octanol–water partition coefficient (Wildman–Crippen LogP) is 0.587. The van der Waals surface area contributed by atoms with Gasteiger partial charge in [-0.05, 0) is 12.8 Å². The average molecular weight is 220 g/mol. The van der Waals surface area contributed by atoms with E-state index in [4.69, 9.17) is 5.84 Å². The molecule has 0 heterocycles. The molecule has 1 aliphatic rings. The van der Waals surface area contributed by atoms with Gasteiger partial charge in [-0.25, -0.2) is 8.42 Å². The molecule has 14 heavy (non-hydrogen) atoms. The summed E-state index contributed by atoms with van der Waals surface area (Å²) in [5, 5.41) is 0. The smallest absolute Gasteiger partial charge is 0.151 e. The van der Waals surface area contributed by atoms with Gasteiger partial charge < -0.3 is 0 Å². The minimum atomic E-state index is -2.93. The number of nitrogens with two attached hydrogens (primary N) is 1. The number of hydrogen-bond acceptors (Lipinski definition) is 4. The predicted molar refractivity (Wildman–Crippen MR) is 57.5 cm³/mol. The number of nitrogens with one attached hydrogen (secondary N) is 1. The fourth-order valence-electron chi connectivity index (χ4n) is 2.08. The third-order valence-electron chi connectivity index (χ3n) is 3.05. The molecule has 0 radical (unpaired) electrons. The van der Waals surface area contributed by atoms with Crippen LogP contribution in [0.15, 0.2) is 0 Å². The third-order valence-corrected chi connectivity index (χ3v) is 4.92. The Hall–Kier alpha value is -0.130. The summed E-state index contributed by atoms with van der Waals surface area (Å²) in [7, 11) is -2.93. The van der Waals surface area contributed by atoms with Gasteiger partial charge >= 0.3 is 0 Å². The van der Waals surface area contributed by atoms with Crippen molar-refractivity contribution < 1.29 is 8.42 Å². The molecule has 0 aliphatic heterocycles. The number of hydrogen-bond donors (Lipinski definition) is 2. The molecule has 0 atom stereocenters. The fourth-order valence-corrected chi connectivity index (χ4v) is 3.50. The Kier molecular flexibility index (Phi) is 3.92. The van der Waals surface area contributed by atoms with Crippen LogP contribution in [0.1, 0.15) is 39.0 Å². The lowest BCUT2D eigenvalue weighted by molar-refractivity contribution is 0.260. The highest BCUT2D eigenvalue weighted by atomic mass is 32.2. The second-order valence-corrected chi connectivity index (χ2v) is 6.52. The molecule has 0 aromatic carbocycles. The van der Waals surface area contributed by atoms with E-state index >= 15 is 0 Å². The highest BCUT2D eigenvalue weighted by molar-refractivity contribution is 7.91. The SMILES string of the molecule is CCS(=O)(=O)CC1(NN)CCCCC1. The monoisotopic (exact) mass is 220 g/mol. The van der Waals surface area contributed by atoms with Crippen molar-refractivity contribution >= 4 is 9.84 Å². The van der Waals surface area contributed by atoms with Crippen LogP contribution in [0.2, 0.25) is 0 Å². The van der Waals surface area contributed by atoms with E-state index in [9.17, 15) is 8.42 Å².